The van der Waals surface area contributed by atoms with E-state index in [0.29, 0.717) is 5.41 Å². The monoisotopic (exact) mass is 242 g/mol. The molecule has 5 unspecified atom stereocenters. The van der Waals surface area contributed by atoms with E-state index < -0.39 is 0 Å². The lowest BCUT2D eigenvalue weighted by molar-refractivity contribution is -0.00370. The third-order valence-corrected chi connectivity index (χ3v) is 6.40. The van der Waals surface area contributed by atoms with E-state index in [9.17, 15) is 0 Å². The van der Waals surface area contributed by atoms with Gasteiger partial charge in [-0.2, -0.15) is 0 Å². The molecule has 0 spiro atoms. The predicted molar refractivity (Wildman–Crippen MR) is 77.9 cm³/mol. The topological polar surface area (TPSA) is 0 Å². The maximum atomic E-state index is 2.49. The summed E-state index contributed by atoms with van der Waals surface area (Å²) in [7, 11) is 0. The highest BCUT2D eigenvalue weighted by Gasteiger charge is 2.56. The highest BCUT2D eigenvalue weighted by molar-refractivity contribution is 5.43. The Hall–Kier alpha value is -0.780. The summed E-state index contributed by atoms with van der Waals surface area (Å²) in [5.74, 6) is 3.34. The molecule has 3 rings (SSSR count). The van der Waals surface area contributed by atoms with Gasteiger partial charge in [-0.3, -0.25) is 0 Å². The zero-order chi connectivity index (χ0) is 12.9. The molecule has 0 amide bonds. The van der Waals surface area contributed by atoms with Crippen LogP contribution in [0.1, 0.15) is 64.0 Å². The number of rotatable bonds is 2. The van der Waals surface area contributed by atoms with Crippen LogP contribution in [-0.2, 0) is 5.41 Å². The van der Waals surface area contributed by atoms with Crippen molar-refractivity contribution in [2.24, 2.45) is 17.8 Å². The summed E-state index contributed by atoms with van der Waals surface area (Å²) in [4.78, 5) is 0. The number of benzene rings is 1. The molecule has 1 aromatic carbocycles. The van der Waals surface area contributed by atoms with Crippen molar-refractivity contribution in [3.05, 3.63) is 35.4 Å². The van der Waals surface area contributed by atoms with Crippen LogP contribution in [0.5, 0.6) is 0 Å². The fraction of sp³-hybridized carbons (Fsp3) is 0.667. The first-order chi connectivity index (χ1) is 8.63. The molecule has 98 valence electrons. The first kappa shape index (κ1) is 12.3. The maximum Gasteiger partial charge on any atom is 0.00124 e. The molecule has 0 heteroatoms. The predicted octanol–water partition coefficient (Wildman–Crippen LogP) is 5.13. The summed E-state index contributed by atoms with van der Waals surface area (Å²) < 4.78 is 0. The van der Waals surface area contributed by atoms with Crippen molar-refractivity contribution in [2.75, 3.05) is 0 Å². The highest BCUT2D eigenvalue weighted by atomic mass is 14.6. The van der Waals surface area contributed by atoms with Gasteiger partial charge in [0.25, 0.3) is 0 Å². The number of hydrogen-bond acceptors (Lipinski definition) is 0. The molecule has 0 heterocycles. The molecule has 18 heavy (non-hydrogen) atoms. The summed E-state index contributed by atoms with van der Waals surface area (Å²) in [5, 5.41) is 0. The van der Waals surface area contributed by atoms with Gasteiger partial charge < -0.3 is 0 Å². The number of fused-ring (bicyclic) bond motifs is 3. The minimum absolute atomic E-state index is 0.511. The molecular weight excluding hydrogens is 216 g/mol. The third kappa shape index (κ3) is 1.32. The van der Waals surface area contributed by atoms with Gasteiger partial charge in [-0.1, -0.05) is 58.4 Å². The number of hydrogen-bond donors (Lipinski definition) is 0. The van der Waals surface area contributed by atoms with Gasteiger partial charge in [-0.25, -0.2) is 0 Å². The van der Waals surface area contributed by atoms with Crippen LogP contribution in [0.3, 0.4) is 0 Å². The van der Waals surface area contributed by atoms with Crippen LogP contribution in [-0.4, -0.2) is 0 Å². The molecule has 0 N–H and O–H groups in total. The standard InChI is InChI=1S/C18H26/c1-5-12(2)18-11-10-16(18)14(4)13(3)15-8-6-7-9-17(15)18/h6-9,12-14,16H,5,10-11H2,1-4H3. The van der Waals surface area contributed by atoms with Crippen LogP contribution < -0.4 is 0 Å². The van der Waals surface area contributed by atoms with Crippen molar-refractivity contribution in [1.29, 1.82) is 0 Å². The summed E-state index contributed by atoms with van der Waals surface area (Å²) in [5.41, 5.74) is 3.85. The lowest BCUT2D eigenvalue weighted by atomic mass is 9.43. The molecule has 0 aliphatic heterocycles. The van der Waals surface area contributed by atoms with E-state index in [1.54, 1.807) is 11.1 Å². The van der Waals surface area contributed by atoms with E-state index >= 15 is 0 Å². The van der Waals surface area contributed by atoms with E-state index in [1.807, 2.05) is 0 Å². The summed E-state index contributed by atoms with van der Waals surface area (Å²) in [6.07, 6.45) is 4.18. The van der Waals surface area contributed by atoms with Gasteiger partial charge in [0.05, 0.1) is 0 Å². The van der Waals surface area contributed by atoms with Crippen LogP contribution in [0.25, 0.3) is 0 Å². The van der Waals surface area contributed by atoms with Crippen molar-refractivity contribution in [3.8, 4) is 0 Å². The lowest BCUT2D eigenvalue weighted by Crippen LogP contribution is -2.55. The van der Waals surface area contributed by atoms with Crippen molar-refractivity contribution in [1.82, 2.24) is 0 Å². The Balaban J connectivity index is 2.17. The highest BCUT2D eigenvalue weighted by Crippen LogP contribution is 2.63. The zero-order valence-electron chi connectivity index (χ0n) is 12.2. The van der Waals surface area contributed by atoms with Crippen molar-refractivity contribution < 1.29 is 0 Å². The average molecular weight is 242 g/mol. The van der Waals surface area contributed by atoms with Crippen LogP contribution in [0.4, 0.5) is 0 Å². The van der Waals surface area contributed by atoms with Crippen LogP contribution in [0.2, 0.25) is 0 Å². The molecule has 2 aliphatic carbocycles. The summed E-state index contributed by atoms with van der Waals surface area (Å²) in [6, 6.07) is 9.29. The van der Waals surface area contributed by atoms with Crippen LogP contribution in [0.15, 0.2) is 24.3 Å². The second-order valence-electron chi connectivity index (χ2n) is 6.73. The Morgan fingerprint density at radius 2 is 2.00 bits per heavy atom. The van der Waals surface area contributed by atoms with E-state index in [0.717, 1.165) is 23.7 Å². The van der Waals surface area contributed by atoms with Gasteiger partial charge >= 0.3 is 0 Å². The maximum absolute atomic E-state index is 2.49. The molecular formula is C18H26. The second kappa shape index (κ2) is 4.11. The minimum atomic E-state index is 0.511. The summed E-state index contributed by atoms with van der Waals surface area (Å²) >= 11 is 0. The molecule has 2 aliphatic rings. The first-order valence-electron chi connectivity index (χ1n) is 7.72. The SMILES string of the molecule is CCC(C)C12CCC1C(C)C(C)c1ccccc12. The fourth-order valence-corrected chi connectivity index (χ4v) is 4.88. The molecule has 1 fully saturated rings. The lowest BCUT2D eigenvalue weighted by Gasteiger charge is -2.61. The Bertz CT molecular complexity index is 447. The Morgan fingerprint density at radius 1 is 1.28 bits per heavy atom. The van der Waals surface area contributed by atoms with Gasteiger partial charge in [0.1, 0.15) is 0 Å². The normalized spacial score (nSPS) is 39.4. The molecule has 0 aromatic heterocycles. The van der Waals surface area contributed by atoms with Gasteiger partial charge in [0.2, 0.25) is 0 Å². The molecule has 1 saturated carbocycles. The third-order valence-electron chi connectivity index (χ3n) is 6.40. The molecule has 1 aromatic rings. The van der Waals surface area contributed by atoms with E-state index in [4.69, 9.17) is 0 Å². The fourth-order valence-electron chi connectivity index (χ4n) is 4.88. The molecule has 0 bridgehead atoms. The van der Waals surface area contributed by atoms with E-state index in [-0.39, 0.29) is 0 Å². The van der Waals surface area contributed by atoms with E-state index in [1.165, 1.54) is 19.3 Å². The Kier molecular flexibility index (Phi) is 2.80. The second-order valence-corrected chi connectivity index (χ2v) is 6.73. The van der Waals surface area contributed by atoms with Crippen LogP contribution in [0, 0.1) is 17.8 Å². The quantitative estimate of drug-likeness (QED) is 0.674. The molecule has 0 saturated heterocycles. The van der Waals surface area contributed by atoms with Gasteiger partial charge in [0, 0.05) is 5.41 Å². The summed E-state index contributed by atoms with van der Waals surface area (Å²) in [6.45, 7) is 9.76. The zero-order valence-corrected chi connectivity index (χ0v) is 12.2. The molecule has 0 nitrogen and oxygen atoms in total. The van der Waals surface area contributed by atoms with Crippen LogP contribution >= 0.6 is 0 Å². The van der Waals surface area contributed by atoms with Gasteiger partial charge in [-0.05, 0) is 47.6 Å². The Labute approximate surface area is 112 Å². The average Bonchev–Trinajstić information content (AvgIpc) is 2.36. The van der Waals surface area contributed by atoms with Crippen molar-refractivity contribution in [2.45, 2.75) is 58.3 Å². The van der Waals surface area contributed by atoms with Crippen molar-refractivity contribution >= 4 is 0 Å². The molecule has 5 atom stereocenters. The molecule has 0 radical (unpaired) electrons. The van der Waals surface area contributed by atoms with Crippen molar-refractivity contribution in [3.63, 3.8) is 0 Å². The minimum Gasteiger partial charge on any atom is -0.0651 e. The van der Waals surface area contributed by atoms with Gasteiger partial charge in [0.15, 0.2) is 0 Å². The smallest absolute Gasteiger partial charge is 0.00124 e. The van der Waals surface area contributed by atoms with Gasteiger partial charge in [-0.15, -0.1) is 0 Å². The van der Waals surface area contributed by atoms with E-state index in [2.05, 4.69) is 52.0 Å². The first-order valence-corrected chi connectivity index (χ1v) is 7.72. The Morgan fingerprint density at radius 3 is 2.61 bits per heavy atom. The largest absolute Gasteiger partial charge is 0.0651 e.